The predicted molar refractivity (Wildman–Crippen MR) is 92.9 cm³/mol. The quantitative estimate of drug-likeness (QED) is 0.751. The zero-order valence-corrected chi connectivity index (χ0v) is 14.2. The molecule has 0 fully saturated rings. The van der Waals surface area contributed by atoms with E-state index in [1.807, 2.05) is 24.3 Å². The molecule has 2 aromatic rings. The normalized spacial score (nSPS) is 11.0. The standard InChI is InChI=1S/C19H23NO4/c1-14(2)13-24-17-8-6-15(11-18(17)22-3)7-9-19(21)20-12-16-5-4-10-23-16/h4-11,14H,12-13H2,1-3H3,(H,20,21)/b9-7+. The maximum Gasteiger partial charge on any atom is 0.244 e. The third-order valence-corrected chi connectivity index (χ3v) is 3.20. The molecular weight excluding hydrogens is 306 g/mol. The smallest absolute Gasteiger partial charge is 0.244 e. The Morgan fingerprint density at radius 1 is 1.29 bits per heavy atom. The molecule has 0 aliphatic heterocycles. The molecule has 0 aliphatic carbocycles. The highest BCUT2D eigenvalue weighted by Crippen LogP contribution is 2.28. The lowest BCUT2D eigenvalue weighted by molar-refractivity contribution is -0.116. The van der Waals surface area contributed by atoms with Crippen LogP contribution in [0, 0.1) is 5.92 Å². The first-order valence-corrected chi connectivity index (χ1v) is 7.87. The highest BCUT2D eigenvalue weighted by molar-refractivity contribution is 5.91. The second kappa shape index (κ2) is 8.82. The van der Waals surface area contributed by atoms with E-state index in [9.17, 15) is 4.79 Å². The summed E-state index contributed by atoms with van der Waals surface area (Å²) in [7, 11) is 1.60. The Labute approximate surface area is 142 Å². The zero-order valence-electron chi connectivity index (χ0n) is 14.2. The summed E-state index contributed by atoms with van der Waals surface area (Å²) in [6, 6.07) is 9.17. The minimum absolute atomic E-state index is 0.189. The number of methoxy groups -OCH3 is 1. The average Bonchev–Trinajstić information content (AvgIpc) is 3.10. The molecular formula is C19H23NO4. The molecule has 1 N–H and O–H groups in total. The molecule has 0 unspecified atom stereocenters. The Hall–Kier alpha value is -2.69. The summed E-state index contributed by atoms with van der Waals surface area (Å²) in [5.74, 6) is 2.31. The summed E-state index contributed by atoms with van der Waals surface area (Å²) in [5, 5.41) is 2.75. The largest absolute Gasteiger partial charge is 0.493 e. The fourth-order valence-corrected chi connectivity index (χ4v) is 1.98. The summed E-state index contributed by atoms with van der Waals surface area (Å²) < 4.78 is 16.2. The van der Waals surface area contributed by atoms with E-state index in [0.717, 1.165) is 5.56 Å². The molecule has 128 valence electrons. The van der Waals surface area contributed by atoms with Crippen molar-refractivity contribution in [2.24, 2.45) is 5.92 Å². The molecule has 5 nitrogen and oxygen atoms in total. The van der Waals surface area contributed by atoms with Crippen LogP contribution >= 0.6 is 0 Å². The van der Waals surface area contributed by atoms with Gasteiger partial charge in [-0.2, -0.15) is 0 Å². The van der Waals surface area contributed by atoms with Gasteiger partial charge in [-0.1, -0.05) is 19.9 Å². The maximum absolute atomic E-state index is 11.8. The molecule has 0 saturated heterocycles. The number of carbonyl (C=O) groups excluding carboxylic acids is 1. The summed E-state index contributed by atoms with van der Waals surface area (Å²) in [6.07, 6.45) is 4.78. The number of nitrogens with one attached hydrogen (secondary N) is 1. The van der Waals surface area contributed by atoms with Crippen molar-refractivity contribution >= 4 is 12.0 Å². The number of ether oxygens (including phenoxy) is 2. The van der Waals surface area contributed by atoms with Crippen LogP contribution in [0.4, 0.5) is 0 Å². The Morgan fingerprint density at radius 3 is 2.79 bits per heavy atom. The third-order valence-electron chi connectivity index (χ3n) is 3.20. The highest BCUT2D eigenvalue weighted by atomic mass is 16.5. The first kappa shape index (κ1) is 17.7. The summed E-state index contributed by atoms with van der Waals surface area (Å²) in [5.41, 5.74) is 0.858. The van der Waals surface area contributed by atoms with Crippen molar-refractivity contribution in [3.63, 3.8) is 0 Å². The number of hydrogen-bond acceptors (Lipinski definition) is 4. The van der Waals surface area contributed by atoms with E-state index < -0.39 is 0 Å². The molecule has 0 radical (unpaired) electrons. The second-order valence-electron chi connectivity index (χ2n) is 5.75. The lowest BCUT2D eigenvalue weighted by Crippen LogP contribution is -2.19. The molecule has 1 heterocycles. The van der Waals surface area contributed by atoms with Crippen LogP contribution in [0.3, 0.4) is 0 Å². The number of benzene rings is 1. The van der Waals surface area contributed by atoms with Crippen molar-refractivity contribution in [2.75, 3.05) is 13.7 Å². The first-order chi connectivity index (χ1) is 11.6. The van der Waals surface area contributed by atoms with Crippen LogP contribution in [0.5, 0.6) is 11.5 Å². The highest BCUT2D eigenvalue weighted by Gasteiger charge is 2.06. The van der Waals surface area contributed by atoms with Gasteiger partial charge in [0, 0.05) is 6.08 Å². The van der Waals surface area contributed by atoms with Gasteiger partial charge < -0.3 is 19.2 Å². The van der Waals surface area contributed by atoms with Crippen molar-refractivity contribution in [1.29, 1.82) is 0 Å². The Morgan fingerprint density at radius 2 is 2.12 bits per heavy atom. The molecule has 1 aromatic carbocycles. The zero-order chi connectivity index (χ0) is 17.4. The second-order valence-corrected chi connectivity index (χ2v) is 5.75. The Bertz CT molecular complexity index is 675. The van der Waals surface area contributed by atoms with Gasteiger partial charge in [0.25, 0.3) is 0 Å². The van der Waals surface area contributed by atoms with Crippen molar-refractivity contribution in [3.05, 3.63) is 54.0 Å². The minimum Gasteiger partial charge on any atom is -0.493 e. The Kier molecular flexibility index (Phi) is 6.49. The summed E-state index contributed by atoms with van der Waals surface area (Å²) in [4.78, 5) is 11.8. The van der Waals surface area contributed by atoms with E-state index >= 15 is 0 Å². The summed E-state index contributed by atoms with van der Waals surface area (Å²) >= 11 is 0. The SMILES string of the molecule is COc1cc(/C=C/C(=O)NCc2ccco2)ccc1OCC(C)C. The van der Waals surface area contributed by atoms with Gasteiger partial charge in [-0.15, -0.1) is 0 Å². The monoisotopic (exact) mass is 329 g/mol. The van der Waals surface area contributed by atoms with Gasteiger partial charge >= 0.3 is 0 Å². The van der Waals surface area contributed by atoms with Crippen LogP contribution in [0.15, 0.2) is 47.1 Å². The van der Waals surface area contributed by atoms with E-state index in [-0.39, 0.29) is 5.91 Å². The number of amides is 1. The molecule has 0 atom stereocenters. The predicted octanol–water partition coefficient (Wildman–Crippen LogP) is 3.65. The van der Waals surface area contributed by atoms with Gasteiger partial charge in [0.1, 0.15) is 5.76 Å². The fourth-order valence-electron chi connectivity index (χ4n) is 1.98. The van der Waals surface area contributed by atoms with Gasteiger partial charge in [0.05, 0.1) is 26.5 Å². The van der Waals surface area contributed by atoms with E-state index in [0.29, 0.717) is 36.3 Å². The lowest BCUT2D eigenvalue weighted by atomic mass is 10.2. The lowest BCUT2D eigenvalue weighted by Gasteiger charge is -2.12. The van der Waals surface area contributed by atoms with Crippen LogP contribution < -0.4 is 14.8 Å². The molecule has 0 bridgehead atoms. The van der Waals surface area contributed by atoms with E-state index in [2.05, 4.69) is 19.2 Å². The third kappa shape index (κ3) is 5.50. The van der Waals surface area contributed by atoms with Gasteiger partial charge in [-0.3, -0.25) is 4.79 Å². The van der Waals surface area contributed by atoms with Crippen LogP contribution in [-0.4, -0.2) is 19.6 Å². The van der Waals surface area contributed by atoms with Gasteiger partial charge in [-0.25, -0.2) is 0 Å². The van der Waals surface area contributed by atoms with Crippen molar-refractivity contribution < 1.29 is 18.7 Å². The van der Waals surface area contributed by atoms with E-state index in [1.165, 1.54) is 6.08 Å². The number of furan rings is 1. The van der Waals surface area contributed by atoms with E-state index in [1.54, 1.807) is 25.5 Å². The van der Waals surface area contributed by atoms with Crippen molar-refractivity contribution in [3.8, 4) is 11.5 Å². The topological polar surface area (TPSA) is 60.7 Å². The first-order valence-electron chi connectivity index (χ1n) is 7.87. The van der Waals surface area contributed by atoms with Crippen LogP contribution in [0.2, 0.25) is 0 Å². The Balaban J connectivity index is 1.94. The van der Waals surface area contributed by atoms with E-state index in [4.69, 9.17) is 13.9 Å². The van der Waals surface area contributed by atoms with Crippen molar-refractivity contribution in [2.45, 2.75) is 20.4 Å². The van der Waals surface area contributed by atoms with Gasteiger partial charge in [0.15, 0.2) is 11.5 Å². The number of rotatable bonds is 8. The molecule has 0 saturated carbocycles. The fraction of sp³-hybridized carbons (Fsp3) is 0.316. The molecule has 0 aliphatic rings. The number of carbonyl (C=O) groups is 1. The molecule has 0 spiro atoms. The van der Waals surface area contributed by atoms with Crippen LogP contribution in [0.1, 0.15) is 25.2 Å². The van der Waals surface area contributed by atoms with Gasteiger partial charge in [-0.05, 0) is 41.8 Å². The average molecular weight is 329 g/mol. The molecule has 1 aromatic heterocycles. The van der Waals surface area contributed by atoms with Crippen LogP contribution in [0.25, 0.3) is 6.08 Å². The maximum atomic E-state index is 11.8. The van der Waals surface area contributed by atoms with Gasteiger partial charge in [0.2, 0.25) is 5.91 Å². The molecule has 1 amide bonds. The summed E-state index contributed by atoms with van der Waals surface area (Å²) in [6.45, 7) is 5.16. The van der Waals surface area contributed by atoms with Crippen LogP contribution in [-0.2, 0) is 11.3 Å². The molecule has 24 heavy (non-hydrogen) atoms. The molecule has 5 heteroatoms. The molecule has 2 rings (SSSR count). The van der Waals surface area contributed by atoms with Crippen molar-refractivity contribution in [1.82, 2.24) is 5.32 Å². The minimum atomic E-state index is -0.189. The number of hydrogen-bond donors (Lipinski definition) is 1.